The number of fused-ring (bicyclic) bond motifs is 1. The lowest BCUT2D eigenvalue weighted by Crippen LogP contribution is -2.26. The van der Waals surface area contributed by atoms with E-state index in [0.29, 0.717) is 5.92 Å². The Balaban J connectivity index is 1.68. The zero-order valence-electron chi connectivity index (χ0n) is 17.3. The Labute approximate surface area is 178 Å². The number of hydrogen-bond acceptors (Lipinski definition) is 4. The lowest BCUT2D eigenvalue weighted by atomic mass is 9.69. The fourth-order valence-corrected chi connectivity index (χ4v) is 4.43. The van der Waals surface area contributed by atoms with E-state index in [-0.39, 0.29) is 19.1 Å². The Morgan fingerprint density at radius 1 is 0.967 bits per heavy atom. The molecule has 3 atom stereocenters. The molecular weight excluding hydrogens is 374 g/mol. The van der Waals surface area contributed by atoms with Gasteiger partial charge >= 0.3 is 0 Å². The van der Waals surface area contributed by atoms with Gasteiger partial charge in [-0.05, 0) is 65.3 Å². The quantitative estimate of drug-likeness (QED) is 0.619. The molecule has 4 heteroatoms. The molecule has 0 aromatic heterocycles. The second kappa shape index (κ2) is 9.33. The van der Waals surface area contributed by atoms with Crippen LogP contribution in [0.3, 0.4) is 0 Å². The predicted molar refractivity (Wildman–Crippen MR) is 119 cm³/mol. The Morgan fingerprint density at radius 3 is 2.40 bits per heavy atom. The van der Waals surface area contributed by atoms with E-state index in [0.717, 1.165) is 24.3 Å². The SMILES string of the molecule is COc1ccc2c(c1)CC[C@@H](c1ccccc1)[C@H]2c1ccc(OCC(O)CN)cc1. The standard InChI is InChI=1S/C26H29NO3/c1-29-23-12-14-25-20(15-23)9-13-24(18-5-3-2-4-6-18)26(25)19-7-10-22(11-8-19)30-17-21(28)16-27/h2-8,10-12,14-15,21,24,26,28H,9,13,16-17,27H2,1H3/t21?,24-,26+/m0/s1. The van der Waals surface area contributed by atoms with Crippen molar-refractivity contribution in [2.75, 3.05) is 20.3 Å². The molecule has 3 aromatic carbocycles. The lowest BCUT2D eigenvalue weighted by molar-refractivity contribution is 0.114. The molecule has 3 aromatic rings. The summed E-state index contributed by atoms with van der Waals surface area (Å²) in [5, 5.41) is 9.63. The van der Waals surface area contributed by atoms with Crippen molar-refractivity contribution in [2.24, 2.45) is 5.73 Å². The van der Waals surface area contributed by atoms with Gasteiger partial charge in [-0.2, -0.15) is 0 Å². The van der Waals surface area contributed by atoms with Crippen LogP contribution in [0.15, 0.2) is 72.8 Å². The Hall–Kier alpha value is -2.82. The van der Waals surface area contributed by atoms with Crippen molar-refractivity contribution < 1.29 is 14.6 Å². The van der Waals surface area contributed by atoms with Gasteiger partial charge in [0.1, 0.15) is 24.2 Å². The molecule has 1 aliphatic rings. The summed E-state index contributed by atoms with van der Waals surface area (Å²) in [6, 6.07) is 25.5. The Bertz CT molecular complexity index is 956. The fourth-order valence-electron chi connectivity index (χ4n) is 4.43. The van der Waals surface area contributed by atoms with E-state index < -0.39 is 6.10 Å². The molecule has 1 unspecified atom stereocenters. The van der Waals surface area contributed by atoms with E-state index in [9.17, 15) is 5.11 Å². The van der Waals surface area contributed by atoms with Crippen molar-refractivity contribution in [3.05, 3.63) is 95.1 Å². The average molecular weight is 404 g/mol. The summed E-state index contributed by atoms with van der Waals surface area (Å²) in [7, 11) is 1.72. The van der Waals surface area contributed by atoms with Crippen molar-refractivity contribution in [3.8, 4) is 11.5 Å². The largest absolute Gasteiger partial charge is 0.497 e. The third-order valence-electron chi connectivity index (χ3n) is 5.99. The van der Waals surface area contributed by atoms with Crippen molar-refractivity contribution >= 4 is 0 Å². The van der Waals surface area contributed by atoms with Gasteiger partial charge in [-0.15, -0.1) is 0 Å². The number of benzene rings is 3. The first-order valence-electron chi connectivity index (χ1n) is 10.5. The second-order valence-electron chi connectivity index (χ2n) is 7.87. The highest BCUT2D eigenvalue weighted by Gasteiger charge is 2.32. The summed E-state index contributed by atoms with van der Waals surface area (Å²) in [5.74, 6) is 2.34. The van der Waals surface area contributed by atoms with Crippen LogP contribution >= 0.6 is 0 Å². The van der Waals surface area contributed by atoms with Gasteiger partial charge in [0.05, 0.1) is 7.11 Å². The zero-order chi connectivity index (χ0) is 20.9. The fraction of sp³-hybridized carbons (Fsp3) is 0.308. The molecule has 0 fully saturated rings. The van der Waals surface area contributed by atoms with Crippen LogP contribution in [0, 0.1) is 0 Å². The number of aliphatic hydroxyl groups excluding tert-OH is 1. The summed E-state index contributed by atoms with van der Waals surface area (Å²) in [5.41, 5.74) is 10.8. The van der Waals surface area contributed by atoms with Gasteiger partial charge in [0.15, 0.2) is 0 Å². The van der Waals surface area contributed by atoms with E-state index in [4.69, 9.17) is 15.2 Å². The number of aliphatic hydroxyl groups is 1. The summed E-state index contributed by atoms with van der Waals surface area (Å²) < 4.78 is 11.1. The first-order chi connectivity index (χ1) is 14.7. The first-order valence-corrected chi connectivity index (χ1v) is 10.5. The Morgan fingerprint density at radius 2 is 1.70 bits per heavy atom. The monoisotopic (exact) mass is 403 g/mol. The highest BCUT2D eigenvalue weighted by atomic mass is 16.5. The molecule has 0 saturated heterocycles. The van der Waals surface area contributed by atoms with E-state index in [2.05, 4.69) is 60.7 Å². The third kappa shape index (κ3) is 4.35. The minimum atomic E-state index is -0.646. The van der Waals surface area contributed by atoms with Crippen molar-refractivity contribution in [2.45, 2.75) is 30.8 Å². The molecule has 0 amide bonds. The molecule has 0 aliphatic heterocycles. The molecule has 156 valence electrons. The molecular formula is C26H29NO3. The van der Waals surface area contributed by atoms with Crippen LogP contribution in [0.4, 0.5) is 0 Å². The first kappa shape index (κ1) is 20.5. The minimum absolute atomic E-state index is 0.194. The van der Waals surface area contributed by atoms with E-state index in [1.165, 1.54) is 22.3 Å². The summed E-state index contributed by atoms with van der Waals surface area (Å²) >= 11 is 0. The van der Waals surface area contributed by atoms with E-state index in [1.54, 1.807) is 7.11 Å². The van der Waals surface area contributed by atoms with Crippen molar-refractivity contribution in [3.63, 3.8) is 0 Å². The summed E-state index contributed by atoms with van der Waals surface area (Å²) in [6.07, 6.45) is 1.49. The number of aryl methyl sites for hydroxylation is 1. The number of methoxy groups -OCH3 is 1. The maximum atomic E-state index is 9.63. The van der Waals surface area contributed by atoms with Crippen LogP contribution in [-0.2, 0) is 6.42 Å². The van der Waals surface area contributed by atoms with E-state index in [1.807, 2.05) is 12.1 Å². The normalized spacial score (nSPS) is 19.0. The molecule has 4 nitrogen and oxygen atoms in total. The van der Waals surface area contributed by atoms with Gasteiger partial charge in [0, 0.05) is 12.5 Å². The zero-order valence-corrected chi connectivity index (χ0v) is 17.3. The van der Waals surface area contributed by atoms with Gasteiger partial charge < -0.3 is 20.3 Å². The van der Waals surface area contributed by atoms with Crippen LogP contribution in [0.2, 0.25) is 0 Å². The van der Waals surface area contributed by atoms with Gasteiger partial charge in [0.2, 0.25) is 0 Å². The van der Waals surface area contributed by atoms with Gasteiger partial charge in [-0.25, -0.2) is 0 Å². The van der Waals surface area contributed by atoms with E-state index >= 15 is 0 Å². The Kier molecular flexibility index (Phi) is 6.36. The molecule has 1 aliphatic carbocycles. The molecule has 0 radical (unpaired) electrons. The van der Waals surface area contributed by atoms with Crippen molar-refractivity contribution in [1.29, 1.82) is 0 Å². The number of rotatable bonds is 7. The maximum absolute atomic E-state index is 9.63. The second-order valence-corrected chi connectivity index (χ2v) is 7.87. The molecule has 30 heavy (non-hydrogen) atoms. The lowest BCUT2D eigenvalue weighted by Gasteiger charge is -2.35. The molecule has 0 saturated carbocycles. The summed E-state index contributed by atoms with van der Waals surface area (Å²) in [4.78, 5) is 0. The number of ether oxygens (including phenoxy) is 2. The van der Waals surface area contributed by atoms with Gasteiger partial charge in [-0.1, -0.05) is 48.5 Å². The molecule has 0 spiro atoms. The van der Waals surface area contributed by atoms with Gasteiger partial charge in [-0.3, -0.25) is 0 Å². The molecule has 3 N–H and O–H groups in total. The van der Waals surface area contributed by atoms with Gasteiger partial charge in [0.25, 0.3) is 0 Å². The third-order valence-corrected chi connectivity index (χ3v) is 5.99. The van der Waals surface area contributed by atoms with Crippen LogP contribution < -0.4 is 15.2 Å². The molecule has 0 heterocycles. The average Bonchev–Trinajstić information content (AvgIpc) is 2.82. The highest BCUT2D eigenvalue weighted by molar-refractivity contribution is 5.48. The van der Waals surface area contributed by atoms with Crippen LogP contribution in [0.1, 0.15) is 40.5 Å². The minimum Gasteiger partial charge on any atom is -0.497 e. The number of nitrogens with two attached hydrogens (primary N) is 1. The number of hydrogen-bond donors (Lipinski definition) is 2. The molecule has 0 bridgehead atoms. The summed E-state index contributed by atoms with van der Waals surface area (Å²) in [6.45, 7) is 0.397. The smallest absolute Gasteiger partial charge is 0.119 e. The highest BCUT2D eigenvalue weighted by Crippen LogP contribution is 2.47. The van der Waals surface area contributed by atoms with Crippen LogP contribution in [-0.4, -0.2) is 31.5 Å². The molecule has 4 rings (SSSR count). The predicted octanol–water partition coefficient (Wildman–Crippen LogP) is 4.26. The topological polar surface area (TPSA) is 64.7 Å². The van der Waals surface area contributed by atoms with Crippen LogP contribution in [0.25, 0.3) is 0 Å². The van der Waals surface area contributed by atoms with Crippen molar-refractivity contribution in [1.82, 2.24) is 0 Å². The van der Waals surface area contributed by atoms with Crippen LogP contribution in [0.5, 0.6) is 11.5 Å². The maximum Gasteiger partial charge on any atom is 0.119 e.